The van der Waals surface area contributed by atoms with Crippen LogP contribution in [0.25, 0.3) is 0 Å². The first-order valence-electron chi connectivity index (χ1n) is 5.72. The van der Waals surface area contributed by atoms with Gasteiger partial charge in [-0.05, 0) is 32.2 Å². The molecule has 1 atom stereocenters. The maximum absolute atomic E-state index is 11.8. The van der Waals surface area contributed by atoms with E-state index in [0.717, 1.165) is 0 Å². The van der Waals surface area contributed by atoms with Gasteiger partial charge >= 0.3 is 0 Å². The number of nitrogens with one attached hydrogen (secondary N) is 2. The normalized spacial score (nSPS) is 12.9. The van der Waals surface area contributed by atoms with Gasteiger partial charge in [-0.15, -0.1) is 11.3 Å². The third-order valence-corrected chi connectivity index (χ3v) is 3.33. The third kappa shape index (κ3) is 4.12. The van der Waals surface area contributed by atoms with Gasteiger partial charge in [0, 0.05) is 12.1 Å². The average molecular weight is 269 g/mol. The summed E-state index contributed by atoms with van der Waals surface area (Å²) in [5.41, 5.74) is 5.06. The molecule has 0 aromatic carbocycles. The number of nitrogens with two attached hydrogens (primary N) is 1. The lowest BCUT2D eigenvalue weighted by molar-refractivity contribution is -0.124. The molecule has 4 N–H and O–H groups in total. The molecule has 1 unspecified atom stereocenters. The van der Waals surface area contributed by atoms with Gasteiger partial charge in [-0.3, -0.25) is 9.59 Å². The molecule has 0 radical (unpaired) electrons. The molecular formula is C12H19N3O2S. The quantitative estimate of drug-likeness (QED) is 0.736. The van der Waals surface area contributed by atoms with Gasteiger partial charge in [-0.2, -0.15) is 0 Å². The number of hydrogen-bond donors (Lipinski definition) is 3. The van der Waals surface area contributed by atoms with Gasteiger partial charge in [0.15, 0.2) is 0 Å². The zero-order chi connectivity index (χ0) is 13.8. The van der Waals surface area contributed by atoms with E-state index < -0.39 is 11.6 Å². The van der Waals surface area contributed by atoms with Gasteiger partial charge in [0.25, 0.3) is 5.91 Å². The molecule has 0 aliphatic carbocycles. The van der Waals surface area contributed by atoms with E-state index in [4.69, 9.17) is 5.73 Å². The molecule has 100 valence electrons. The highest BCUT2D eigenvalue weighted by molar-refractivity contribution is 7.12. The summed E-state index contributed by atoms with van der Waals surface area (Å²) in [6.45, 7) is 5.65. The van der Waals surface area contributed by atoms with Crippen molar-refractivity contribution in [1.82, 2.24) is 10.6 Å². The first-order valence-corrected chi connectivity index (χ1v) is 6.60. The molecule has 6 heteroatoms. The van der Waals surface area contributed by atoms with E-state index in [1.807, 2.05) is 19.2 Å². The zero-order valence-electron chi connectivity index (χ0n) is 10.8. The number of rotatable bonds is 5. The molecule has 0 fully saturated rings. The van der Waals surface area contributed by atoms with Gasteiger partial charge < -0.3 is 16.4 Å². The van der Waals surface area contributed by atoms with Crippen molar-refractivity contribution < 1.29 is 9.59 Å². The van der Waals surface area contributed by atoms with Crippen molar-refractivity contribution in [2.75, 3.05) is 6.54 Å². The predicted octanol–water partition coefficient (Wildman–Crippen LogP) is 0.720. The molecule has 5 nitrogen and oxygen atoms in total. The fourth-order valence-corrected chi connectivity index (χ4v) is 1.86. The van der Waals surface area contributed by atoms with Crippen molar-refractivity contribution in [3.63, 3.8) is 0 Å². The number of carbonyl (C=O) groups is 2. The summed E-state index contributed by atoms with van der Waals surface area (Å²) in [6.07, 6.45) is 0. The van der Waals surface area contributed by atoms with Crippen molar-refractivity contribution >= 4 is 23.2 Å². The first-order chi connectivity index (χ1) is 8.35. The number of carbonyl (C=O) groups excluding carboxylic acids is 2. The van der Waals surface area contributed by atoms with E-state index in [2.05, 4.69) is 10.6 Å². The van der Waals surface area contributed by atoms with Gasteiger partial charge in [0.05, 0.1) is 4.88 Å². The van der Waals surface area contributed by atoms with Crippen molar-refractivity contribution in [2.45, 2.75) is 32.4 Å². The van der Waals surface area contributed by atoms with Gasteiger partial charge in [0.2, 0.25) is 5.91 Å². The third-order valence-electron chi connectivity index (χ3n) is 2.46. The minimum atomic E-state index is -0.592. The second kappa shape index (κ2) is 5.97. The average Bonchev–Trinajstić information content (AvgIpc) is 2.81. The van der Waals surface area contributed by atoms with E-state index in [9.17, 15) is 9.59 Å². The van der Waals surface area contributed by atoms with Crippen molar-refractivity contribution in [3.8, 4) is 0 Å². The Bertz CT molecular complexity index is 415. The van der Waals surface area contributed by atoms with Crippen LogP contribution in [0.1, 0.15) is 30.4 Å². The highest BCUT2D eigenvalue weighted by Gasteiger charge is 2.23. The van der Waals surface area contributed by atoms with Crippen molar-refractivity contribution in [3.05, 3.63) is 22.4 Å². The van der Waals surface area contributed by atoms with Crippen molar-refractivity contribution in [1.29, 1.82) is 0 Å². The van der Waals surface area contributed by atoms with Crippen LogP contribution in [-0.2, 0) is 4.79 Å². The Hall–Kier alpha value is -1.40. The van der Waals surface area contributed by atoms with E-state index in [-0.39, 0.29) is 11.8 Å². The molecule has 0 aliphatic rings. The summed E-state index contributed by atoms with van der Waals surface area (Å²) in [7, 11) is 0. The Balaban J connectivity index is 2.53. The monoisotopic (exact) mass is 269 g/mol. The molecule has 0 saturated carbocycles. The Morgan fingerprint density at radius 2 is 2.17 bits per heavy atom. The lowest BCUT2D eigenvalue weighted by Crippen LogP contribution is -2.54. The van der Waals surface area contributed by atoms with Gasteiger partial charge in [-0.1, -0.05) is 6.07 Å². The molecule has 0 bridgehead atoms. The van der Waals surface area contributed by atoms with Crippen LogP contribution in [0.4, 0.5) is 0 Å². The van der Waals surface area contributed by atoms with Crippen LogP contribution in [0.2, 0.25) is 0 Å². The summed E-state index contributed by atoms with van der Waals surface area (Å²) in [6, 6.07) is 2.92. The molecule has 1 aromatic heterocycles. The summed E-state index contributed by atoms with van der Waals surface area (Å²) in [4.78, 5) is 24.2. The van der Waals surface area contributed by atoms with E-state index >= 15 is 0 Å². The van der Waals surface area contributed by atoms with Crippen LogP contribution in [0.3, 0.4) is 0 Å². The van der Waals surface area contributed by atoms with Crippen LogP contribution in [0.15, 0.2) is 17.5 Å². The predicted molar refractivity (Wildman–Crippen MR) is 72.5 cm³/mol. The summed E-state index contributed by atoms with van der Waals surface area (Å²) in [5, 5.41) is 7.25. The molecule has 18 heavy (non-hydrogen) atoms. The molecule has 1 aromatic rings. The molecule has 1 rings (SSSR count). The SMILES string of the molecule is CC(NC(=O)c1cccs1)C(=O)NC(C)(C)CN. The Morgan fingerprint density at radius 1 is 1.50 bits per heavy atom. The topological polar surface area (TPSA) is 84.2 Å². The number of thiophene rings is 1. The van der Waals surface area contributed by atoms with Gasteiger partial charge in [-0.25, -0.2) is 0 Å². The molecule has 1 heterocycles. The highest BCUT2D eigenvalue weighted by atomic mass is 32.1. The minimum absolute atomic E-state index is 0.238. The van der Waals surface area contributed by atoms with Crippen LogP contribution in [0.5, 0.6) is 0 Å². The fraction of sp³-hybridized carbons (Fsp3) is 0.500. The standard InChI is InChI=1S/C12H19N3O2S/c1-8(10(16)15-12(2,3)7-13)14-11(17)9-5-4-6-18-9/h4-6,8H,7,13H2,1-3H3,(H,14,17)(H,15,16). The lowest BCUT2D eigenvalue weighted by Gasteiger charge is -2.26. The molecular weight excluding hydrogens is 250 g/mol. The molecule has 0 aliphatic heterocycles. The molecule has 0 spiro atoms. The summed E-state index contributed by atoms with van der Waals surface area (Å²) >= 11 is 1.34. The minimum Gasteiger partial charge on any atom is -0.348 e. The maximum atomic E-state index is 11.8. The highest BCUT2D eigenvalue weighted by Crippen LogP contribution is 2.08. The fourth-order valence-electron chi connectivity index (χ4n) is 1.23. The van der Waals surface area contributed by atoms with Crippen LogP contribution >= 0.6 is 11.3 Å². The lowest BCUT2D eigenvalue weighted by atomic mass is 10.1. The van der Waals surface area contributed by atoms with Crippen LogP contribution in [0, 0.1) is 0 Å². The molecule has 2 amide bonds. The summed E-state index contributed by atoms with van der Waals surface area (Å²) < 4.78 is 0. The van der Waals surface area contributed by atoms with Crippen molar-refractivity contribution in [2.24, 2.45) is 5.73 Å². The molecule has 0 saturated heterocycles. The first kappa shape index (κ1) is 14.7. The van der Waals surface area contributed by atoms with Crippen LogP contribution in [-0.4, -0.2) is 29.9 Å². The van der Waals surface area contributed by atoms with E-state index in [1.54, 1.807) is 19.1 Å². The second-order valence-electron chi connectivity index (χ2n) is 4.75. The Labute approximate surface area is 111 Å². The Morgan fingerprint density at radius 3 is 2.67 bits per heavy atom. The van der Waals surface area contributed by atoms with Gasteiger partial charge in [0.1, 0.15) is 6.04 Å². The van der Waals surface area contributed by atoms with Crippen LogP contribution < -0.4 is 16.4 Å². The van der Waals surface area contributed by atoms with E-state index in [1.165, 1.54) is 11.3 Å². The largest absolute Gasteiger partial charge is 0.348 e. The Kier molecular flexibility index (Phi) is 4.86. The smallest absolute Gasteiger partial charge is 0.261 e. The second-order valence-corrected chi connectivity index (χ2v) is 5.70. The van der Waals surface area contributed by atoms with E-state index in [0.29, 0.717) is 11.4 Å². The zero-order valence-corrected chi connectivity index (χ0v) is 11.6. The maximum Gasteiger partial charge on any atom is 0.261 e. The summed E-state index contributed by atoms with van der Waals surface area (Å²) in [5.74, 6) is -0.478. The number of hydrogen-bond acceptors (Lipinski definition) is 4. The number of amides is 2.